The molecule has 2 aromatic carbocycles. The first-order valence-corrected chi connectivity index (χ1v) is 6.81. The highest BCUT2D eigenvalue weighted by atomic mass is 16.5. The number of para-hydroxylation sites is 2. The summed E-state index contributed by atoms with van der Waals surface area (Å²) in [6, 6.07) is 14.3. The summed E-state index contributed by atoms with van der Waals surface area (Å²) >= 11 is 0. The average molecular weight is 285 g/mol. The second-order valence-corrected chi connectivity index (χ2v) is 4.85. The Morgan fingerprint density at radius 1 is 1.05 bits per heavy atom. The van der Waals surface area contributed by atoms with Crippen molar-refractivity contribution in [2.75, 3.05) is 12.4 Å². The number of carbonyl (C=O) groups is 1. The zero-order chi connectivity index (χ0) is 15.2. The Bertz CT molecular complexity index is 606. The molecule has 0 aliphatic carbocycles. The van der Waals surface area contributed by atoms with Crippen molar-refractivity contribution >= 4 is 11.6 Å². The molecule has 0 bridgehead atoms. The summed E-state index contributed by atoms with van der Waals surface area (Å²) < 4.78 is 10.8. The molecule has 0 fully saturated rings. The number of ether oxygens (including phenoxy) is 2. The van der Waals surface area contributed by atoms with Gasteiger partial charge in [-0.2, -0.15) is 0 Å². The van der Waals surface area contributed by atoms with Gasteiger partial charge >= 0.3 is 0 Å². The average Bonchev–Trinajstić information content (AvgIpc) is 2.49. The molecule has 0 heterocycles. The summed E-state index contributed by atoms with van der Waals surface area (Å²) in [5.74, 6) is 1.20. The summed E-state index contributed by atoms with van der Waals surface area (Å²) in [6.45, 7) is 3.89. The molecule has 0 spiro atoms. The van der Waals surface area contributed by atoms with Gasteiger partial charge in [0.15, 0.2) is 0 Å². The van der Waals surface area contributed by atoms with E-state index < -0.39 is 0 Å². The van der Waals surface area contributed by atoms with E-state index in [1.54, 1.807) is 31.4 Å². The molecule has 2 aromatic rings. The van der Waals surface area contributed by atoms with Gasteiger partial charge in [-0.15, -0.1) is 0 Å². The van der Waals surface area contributed by atoms with E-state index in [1.807, 2.05) is 38.1 Å². The van der Waals surface area contributed by atoms with Crippen LogP contribution in [0, 0.1) is 0 Å². The van der Waals surface area contributed by atoms with Crippen molar-refractivity contribution < 1.29 is 14.3 Å². The standard InChI is InChI=1S/C17H19NO3/c1-12(2)21-16-7-5-4-6-15(16)18-17(19)13-8-10-14(20-3)11-9-13/h4-12H,1-3H3,(H,18,19). The van der Waals surface area contributed by atoms with Gasteiger partial charge in [0, 0.05) is 5.56 Å². The normalized spacial score (nSPS) is 10.3. The fraction of sp³-hybridized carbons (Fsp3) is 0.235. The Morgan fingerprint density at radius 2 is 1.71 bits per heavy atom. The largest absolute Gasteiger partial charge is 0.497 e. The van der Waals surface area contributed by atoms with Crippen LogP contribution >= 0.6 is 0 Å². The summed E-state index contributed by atoms with van der Waals surface area (Å²) in [4.78, 5) is 12.2. The molecule has 0 unspecified atom stereocenters. The van der Waals surface area contributed by atoms with Crippen LogP contribution in [0.4, 0.5) is 5.69 Å². The van der Waals surface area contributed by atoms with Crippen LogP contribution in [0.3, 0.4) is 0 Å². The number of nitrogens with one attached hydrogen (secondary N) is 1. The van der Waals surface area contributed by atoms with E-state index in [9.17, 15) is 4.79 Å². The molecule has 0 radical (unpaired) electrons. The van der Waals surface area contributed by atoms with E-state index in [1.165, 1.54) is 0 Å². The predicted octanol–water partition coefficient (Wildman–Crippen LogP) is 3.73. The minimum absolute atomic E-state index is 0.0454. The smallest absolute Gasteiger partial charge is 0.255 e. The van der Waals surface area contributed by atoms with Crippen molar-refractivity contribution in [2.24, 2.45) is 0 Å². The van der Waals surface area contributed by atoms with Crippen LogP contribution in [0.5, 0.6) is 11.5 Å². The van der Waals surface area contributed by atoms with Gasteiger partial charge in [-0.05, 0) is 50.2 Å². The Balaban J connectivity index is 2.15. The van der Waals surface area contributed by atoms with Crippen LogP contribution in [0.2, 0.25) is 0 Å². The van der Waals surface area contributed by atoms with Gasteiger partial charge in [0.2, 0.25) is 0 Å². The lowest BCUT2D eigenvalue weighted by molar-refractivity contribution is 0.102. The molecule has 2 rings (SSSR count). The minimum atomic E-state index is -0.183. The highest BCUT2D eigenvalue weighted by molar-refractivity contribution is 6.05. The Hall–Kier alpha value is -2.49. The first-order chi connectivity index (χ1) is 10.1. The lowest BCUT2D eigenvalue weighted by Crippen LogP contribution is -2.14. The maximum Gasteiger partial charge on any atom is 0.255 e. The van der Waals surface area contributed by atoms with Crippen LogP contribution < -0.4 is 14.8 Å². The molecule has 4 nitrogen and oxygen atoms in total. The fourth-order valence-corrected chi connectivity index (χ4v) is 1.86. The van der Waals surface area contributed by atoms with E-state index >= 15 is 0 Å². The Morgan fingerprint density at radius 3 is 2.33 bits per heavy atom. The molecule has 0 aliphatic heterocycles. The number of hydrogen-bond donors (Lipinski definition) is 1. The van der Waals surface area contributed by atoms with Crippen LogP contribution in [0.1, 0.15) is 24.2 Å². The van der Waals surface area contributed by atoms with Crippen LogP contribution in [-0.2, 0) is 0 Å². The van der Waals surface area contributed by atoms with Crippen molar-refractivity contribution in [3.63, 3.8) is 0 Å². The topological polar surface area (TPSA) is 47.6 Å². The number of hydrogen-bond acceptors (Lipinski definition) is 3. The van der Waals surface area contributed by atoms with E-state index in [2.05, 4.69) is 5.32 Å². The number of anilines is 1. The van der Waals surface area contributed by atoms with Gasteiger partial charge < -0.3 is 14.8 Å². The maximum absolute atomic E-state index is 12.2. The zero-order valence-corrected chi connectivity index (χ0v) is 12.4. The van der Waals surface area contributed by atoms with Crippen molar-refractivity contribution in [1.29, 1.82) is 0 Å². The van der Waals surface area contributed by atoms with E-state index in [-0.39, 0.29) is 12.0 Å². The van der Waals surface area contributed by atoms with Gasteiger partial charge in [-0.1, -0.05) is 12.1 Å². The minimum Gasteiger partial charge on any atom is -0.497 e. The molecule has 0 aliphatic rings. The van der Waals surface area contributed by atoms with Gasteiger partial charge in [0.25, 0.3) is 5.91 Å². The first kappa shape index (κ1) is 14.9. The second-order valence-electron chi connectivity index (χ2n) is 4.85. The first-order valence-electron chi connectivity index (χ1n) is 6.81. The van der Waals surface area contributed by atoms with Crippen LogP contribution in [0.15, 0.2) is 48.5 Å². The summed E-state index contributed by atoms with van der Waals surface area (Å²) in [7, 11) is 1.59. The molecular formula is C17H19NO3. The second kappa shape index (κ2) is 6.79. The number of methoxy groups -OCH3 is 1. The number of benzene rings is 2. The van der Waals surface area contributed by atoms with Gasteiger partial charge in [0.1, 0.15) is 11.5 Å². The molecule has 1 amide bonds. The molecular weight excluding hydrogens is 266 g/mol. The lowest BCUT2D eigenvalue weighted by Gasteiger charge is -2.14. The molecule has 0 saturated carbocycles. The van der Waals surface area contributed by atoms with E-state index in [0.717, 1.165) is 5.75 Å². The molecule has 0 atom stereocenters. The highest BCUT2D eigenvalue weighted by Crippen LogP contribution is 2.25. The quantitative estimate of drug-likeness (QED) is 0.910. The van der Waals surface area contributed by atoms with E-state index in [4.69, 9.17) is 9.47 Å². The predicted molar refractivity (Wildman–Crippen MR) is 83.2 cm³/mol. The number of rotatable bonds is 5. The Kier molecular flexibility index (Phi) is 4.82. The third-order valence-corrected chi connectivity index (χ3v) is 2.85. The van der Waals surface area contributed by atoms with Crippen molar-refractivity contribution in [2.45, 2.75) is 20.0 Å². The van der Waals surface area contributed by atoms with Gasteiger partial charge in [-0.25, -0.2) is 0 Å². The maximum atomic E-state index is 12.2. The lowest BCUT2D eigenvalue weighted by atomic mass is 10.2. The molecule has 1 N–H and O–H groups in total. The Labute approximate surface area is 124 Å². The van der Waals surface area contributed by atoms with Crippen LogP contribution in [0.25, 0.3) is 0 Å². The summed E-state index contributed by atoms with van der Waals surface area (Å²) in [5.41, 5.74) is 1.22. The molecule has 110 valence electrons. The van der Waals surface area contributed by atoms with Gasteiger partial charge in [0.05, 0.1) is 18.9 Å². The SMILES string of the molecule is COc1ccc(C(=O)Nc2ccccc2OC(C)C)cc1. The molecule has 21 heavy (non-hydrogen) atoms. The van der Waals surface area contributed by atoms with Crippen molar-refractivity contribution in [3.8, 4) is 11.5 Å². The molecule has 0 aromatic heterocycles. The third kappa shape index (κ3) is 3.99. The van der Waals surface area contributed by atoms with Crippen molar-refractivity contribution in [3.05, 3.63) is 54.1 Å². The summed E-state index contributed by atoms with van der Waals surface area (Å²) in [5, 5.41) is 2.86. The molecule has 0 saturated heterocycles. The number of carbonyl (C=O) groups excluding carboxylic acids is 1. The van der Waals surface area contributed by atoms with Crippen molar-refractivity contribution in [1.82, 2.24) is 0 Å². The zero-order valence-electron chi connectivity index (χ0n) is 12.4. The van der Waals surface area contributed by atoms with Gasteiger partial charge in [-0.3, -0.25) is 4.79 Å². The third-order valence-electron chi connectivity index (χ3n) is 2.85. The fourth-order valence-electron chi connectivity index (χ4n) is 1.86. The highest BCUT2D eigenvalue weighted by Gasteiger charge is 2.10. The molecule has 4 heteroatoms. The number of amides is 1. The monoisotopic (exact) mass is 285 g/mol. The van der Waals surface area contributed by atoms with E-state index in [0.29, 0.717) is 17.0 Å². The summed E-state index contributed by atoms with van der Waals surface area (Å²) in [6.07, 6.45) is 0.0454. The van der Waals surface area contributed by atoms with Crippen LogP contribution in [-0.4, -0.2) is 19.1 Å².